The van der Waals surface area contributed by atoms with Crippen LogP contribution in [0, 0.1) is 5.92 Å². The first-order valence-corrected chi connectivity index (χ1v) is 7.07. The number of hydrogen-bond donors (Lipinski definition) is 1. The molecule has 104 valence electrons. The second-order valence-corrected chi connectivity index (χ2v) is 5.24. The molecule has 18 heavy (non-hydrogen) atoms. The van der Waals surface area contributed by atoms with Crippen LogP contribution in [0.2, 0.25) is 0 Å². The van der Waals surface area contributed by atoms with Gasteiger partial charge in [0.2, 0.25) is 5.91 Å². The highest BCUT2D eigenvalue weighted by Gasteiger charge is 2.31. The topological polar surface area (TPSA) is 58.8 Å². The van der Waals surface area contributed by atoms with Crippen LogP contribution in [0.4, 0.5) is 0 Å². The summed E-state index contributed by atoms with van der Waals surface area (Å²) in [4.78, 5) is 16.6. The number of nitrogens with zero attached hydrogens (tertiary/aromatic N) is 2. The number of carbonyl (C=O) groups is 1. The van der Waals surface area contributed by atoms with E-state index in [-0.39, 0.29) is 11.9 Å². The van der Waals surface area contributed by atoms with Crippen molar-refractivity contribution < 1.29 is 9.53 Å². The number of amides is 1. The van der Waals surface area contributed by atoms with Gasteiger partial charge < -0.3 is 20.3 Å². The fraction of sp³-hybridized carbons (Fsp3) is 0.923. The van der Waals surface area contributed by atoms with E-state index in [1.807, 2.05) is 4.90 Å². The third kappa shape index (κ3) is 3.22. The Hall–Kier alpha value is -0.650. The Balaban J connectivity index is 1.83. The molecule has 5 heteroatoms. The molecule has 0 spiro atoms. The van der Waals surface area contributed by atoms with E-state index in [0.29, 0.717) is 5.92 Å². The van der Waals surface area contributed by atoms with Gasteiger partial charge in [-0.05, 0) is 25.3 Å². The van der Waals surface area contributed by atoms with Crippen molar-refractivity contribution in [2.45, 2.75) is 25.8 Å². The van der Waals surface area contributed by atoms with Gasteiger partial charge >= 0.3 is 0 Å². The van der Waals surface area contributed by atoms with Crippen molar-refractivity contribution in [2.24, 2.45) is 11.7 Å². The summed E-state index contributed by atoms with van der Waals surface area (Å²) in [6.45, 7) is 8.31. The van der Waals surface area contributed by atoms with E-state index in [1.54, 1.807) is 0 Å². The van der Waals surface area contributed by atoms with Crippen LogP contribution in [0.3, 0.4) is 0 Å². The third-order valence-electron chi connectivity index (χ3n) is 4.19. The number of ether oxygens (including phenoxy) is 1. The maximum Gasteiger partial charge on any atom is 0.239 e. The van der Waals surface area contributed by atoms with E-state index in [2.05, 4.69) is 11.8 Å². The first kappa shape index (κ1) is 13.8. The Morgan fingerprint density at radius 2 is 1.89 bits per heavy atom. The van der Waals surface area contributed by atoms with Crippen LogP contribution in [-0.2, 0) is 9.53 Å². The zero-order valence-corrected chi connectivity index (χ0v) is 11.3. The molecule has 0 aliphatic carbocycles. The summed E-state index contributed by atoms with van der Waals surface area (Å²) in [5.41, 5.74) is 6.13. The number of nitrogens with two attached hydrogens (primary N) is 1. The van der Waals surface area contributed by atoms with Gasteiger partial charge in [0, 0.05) is 39.4 Å². The Bertz CT molecular complexity index is 271. The van der Waals surface area contributed by atoms with Gasteiger partial charge in [-0.2, -0.15) is 0 Å². The summed E-state index contributed by atoms with van der Waals surface area (Å²) in [6.07, 6.45) is 1.84. The van der Waals surface area contributed by atoms with E-state index >= 15 is 0 Å². The van der Waals surface area contributed by atoms with E-state index in [4.69, 9.17) is 10.5 Å². The smallest absolute Gasteiger partial charge is 0.239 e. The maximum absolute atomic E-state index is 12.3. The minimum Gasteiger partial charge on any atom is -0.381 e. The number of hydrogen-bond acceptors (Lipinski definition) is 4. The van der Waals surface area contributed by atoms with Crippen LogP contribution in [0.25, 0.3) is 0 Å². The largest absolute Gasteiger partial charge is 0.381 e. The minimum atomic E-state index is -0.331. The fourth-order valence-electron chi connectivity index (χ4n) is 2.77. The molecule has 1 amide bonds. The highest BCUT2D eigenvalue weighted by molar-refractivity contribution is 5.82. The van der Waals surface area contributed by atoms with Gasteiger partial charge in [0.15, 0.2) is 0 Å². The fourth-order valence-corrected chi connectivity index (χ4v) is 2.77. The van der Waals surface area contributed by atoms with E-state index < -0.39 is 0 Å². The van der Waals surface area contributed by atoms with Crippen LogP contribution in [-0.4, -0.2) is 67.7 Å². The van der Waals surface area contributed by atoms with Gasteiger partial charge in [-0.3, -0.25) is 4.79 Å². The average molecular weight is 255 g/mol. The molecule has 2 fully saturated rings. The van der Waals surface area contributed by atoms with Crippen molar-refractivity contribution in [3.05, 3.63) is 0 Å². The normalized spacial score (nSPS) is 25.1. The van der Waals surface area contributed by atoms with Gasteiger partial charge in [-0.25, -0.2) is 0 Å². The van der Waals surface area contributed by atoms with Crippen LogP contribution >= 0.6 is 0 Å². The van der Waals surface area contributed by atoms with Gasteiger partial charge in [0.1, 0.15) is 0 Å². The molecule has 2 N–H and O–H groups in total. The molecule has 5 nitrogen and oxygen atoms in total. The zero-order chi connectivity index (χ0) is 13.0. The van der Waals surface area contributed by atoms with Gasteiger partial charge in [-0.15, -0.1) is 0 Å². The lowest BCUT2D eigenvalue weighted by Gasteiger charge is -2.37. The van der Waals surface area contributed by atoms with Crippen molar-refractivity contribution >= 4 is 5.91 Å². The minimum absolute atomic E-state index is 0.137. The van der Waals surface area contributed by atoms with Crippen molar-refractivity contribution in [3.63, 3.8) is 0 Å². The Labute approximate surface area is 109 Å². The standard InChI is InChI=1S/C13H25N3O2/c1-2-15-5-7-16(8-6-15)13(17)12(14)11-3-9-18-10-4-11/h11-12H,2-10,14H2,1H3. The predicted octanol–water partition coefficient (Wildman–Crippen LogP) is -0.0956. The van der Waals surface area contributed by atoms with Gasteiger partial charge in [-0.1, -0.05) is 6.92 Å². The second kappa shape index (κ2) is 6.50. The predicted molar refractivity (Wildman–Crippen MR) is 70.2 cm³/mol. The monoisotopic (exact) mass is 255 g/mol. The molecule has 2 rings (SSSR count). The number of likely N-dealkylation sites (N-methyl/N-ethyl adjacent to an activating group) is 1. The summed E-state index contributed by atoms with van der Waals surface area (Å²) in [7, 11) is 0. The molecule has 0 aromatic rings. The quantitative estimate of drug-likeness (QED) is 0.765. The average Bonchev–Trinajstić information content (AvgIpc) is 2.47. The van der Waals surface area contributed by atoms with Gasteiger partial charge in [0.25, 0.3) is 0 Å². The van der Waals surface area contributed by atoms with E-state index in [0.717, 1.165) is 58.8 Å². The summed E-state index contributed by atoms with van der Waals surface area (Å²) >= 11 is 0. The van der Waals surface area contributed by atoms with Gasteiger partial charge in [0.05, 0.1) is 6.04 Å². The molecule has 2 aliphatic rings. The van der Waals surface area contributed by atoms with Crippen LogP contribution in [0.1, 0.15) is 19.8 Å². The summed E-state index contributed by atoms with van der Waals surface area (Å²) in [5, 5.41) is 0. The second-order valence-electron chi connectivity index (χ2n) is 5.24. The van der Waals surface area contributed by atoms with Crippen molar-refractivity contribution in [2.75, 3.05) is 45.9 Å². The third-order valence-corrected chi connectivity index (χ3v) is 4.19. The SMILES string of the molecule is CCN1CCN(C(=O)C(N)C2CCOCC2)CC1. The number of carbonyl (C=O) groups excluding carboxylic acids is 1. The number of piperazine rings is 1. The summed E-state index contributed by atoms with van der Waals surface area (Å²) in [6, 6.07) is -0.331. The highest BCUT2D eigenvalue weighted by Crippen LogP contribution is 2.19. The first-order valence-electron chi connectivity index (χ1n) is 7.07. The summed E-state index contributed by atoms with van der Waals surface area (Å²) in [5.74, 6) is 0.438. The molecule has 0 saturated carbocycles. The number of rotatable bonds is 3. The highest BCUT2D eigenvalue weighted by atomic mass is 16.5. The Morgan fingerprint density at radius 3 is 2.44 bits per heavy atom. The molecule has 0 aromatic heterocycles. The molecular formula is C13H25N3O2. The maximum atomic E-state index is 12.3. The lowest BCUT2D eigenvalue weighted by Crippen LogP contribution is -2.55. The van der Waals surface area contributed by atoms with Crippen molar-refractivity contribution in [1.82, 2.24) is 9.80 Å². The van der Waals surface area contributed by atoms with E-state index in [9.17, 15) is 4.79 Å². The molecule has 2 saturated heterocycles. The van der Waals surface area contributed by atoms with E-state index in [1.165, 1.54) is 0 Å². The van der Waals surface area contributed by atoms with Crippen LogP contribution in [0.5, 0.6) is 0 Å². The first-order chi connectivity index (χ1) is 8.72. The lowest BCUT2D eigenvalue weighted by atomic mass is 9.91. The molecule has 0 radical (unpaired) electrons. The van der Waals surface area contributed by atoms with Crippen LogP contribution in [0.15, 0.2) is 0 Å². The Kier molecular flexibility index (Phi) is 4.97. The Morgan fingerprint density at radius 1 is 1.28 bits per heavy atom. The molecule has 2 aliphatic heterocycles. The molecule has 1 atom stereocenters. The molecule has 2 heterocycles. The summed E-state index contributed by atoms with van der Waals surface area (Å²) < 4.78 is 5.32. The molecule has 0 aromatic carbocycles. The van der Waals surface area contributed by atoms with Crippen LogP contribution < -0.4 is 5.73 Å². The van der Waals surface area contributed by atoms with Crippen molar-refractivity contribution in [3.8, 4) is 0 Å². The zero-order valence-electron chi connectivity index (χ0n) is 11.3. The lowest BCUT2D eigenvalue weighted by molar-refractivity contribution is -0.136. The molecule has 0 bridgehead atoms. The molecular weight excluding hydrogens is 230 g/mol. The molecule has 1 unspecified atom stereocenters. The van der Waals surface area contributed by atoms with Crippen molar-refractivity contribution in [1.29, 1.82) is 0 Å².